The van der Waals surface area contributed by atoms with E-state index in [1.165, 1.54) is 0 Å². The molecule has 3 aromatic carbocycles. The lowest BCUT2D eigenvalue weighted by molar-refractivity contribution is 0.0989. The van der Waals surface area contributed by atoms with E-state index in [0.29, 0.717) is 32.9 Å². The van der Waals surface area contributed by atoms with Gasteiger partial charge < -0.3 is 14.4 Å². The second-order valence-electron chi connectivity index (χ2n) is 9.84. The number of hydrogen-bond acceptors (Lipinski definition) is 4. The summed E-state index contributed by atoms with van der Waals surface area (Å²) in [6.45, 7) is 7.98. The molecule has 196 valence electrons. The van der Waals surface area contributed by atoms with Crippen molar-refractivity contribution in [3.63, 3.8) is 0 Å². The molecular weight excluding hydrogens is 521 g/mol. The Morgan fingerprint density at radius 3 is 2.37 bits per heavy atom. The van der Waals surface area contributed by atoms with E-state index in [1.807, 2.05) is 68.4 Å². The van der Waals surface area contributed by atoms with Gasteiger partial charge in [0.1, 0.15) is 17.6 Å². The number of rotatable bonds is 6. The maximum absolute atomic E-state index is 14.2. The van der Waals surface area contributed by atoms with Crippen LogP contribution in [-0.4, -0.2) is 27.7 Å². The molecule has 38 heavy (non-hydrogen) atoms. The molecule has 1 atom stereocenters. The highest BCUT2D eigenvalue weighted by Crippen LogP contribution is 2.47. The topological polar surface area (TPSA) is 67.6 Å². The fraction of sp³-hybridized carbons (Fsp3) is 0.267. The molecule has 0 fully saturated rings. The number of aliphatic hydroxyl groups excluding tert-OH is 1. The van der Waals surface area contributed by atoms with Gasteiger partial charge in [0.2, 0.25) is 0 Å². The quantitative estimate of drug-likeness (QED) is 0.274. The van der Waals surface area contributed by atoms with Crippen LogP contribution in [0.2, 0.25) is 10.0 Å². The van der Waals surface area contributed by atoms with E-state index in [4.69, 9.17) is 32.9 Å². The molecule has 0 bridgehead atoms. The zero-order chi connectivity index (χ0) is 27.3. The minimum absolute atomic E-state index is 0.0351. The number of anilines is 1. The molecule has 5 rings (SSSR count). The Morgan fingerprint density at radius 2 is 1.71 bits per heavy atom. The van der Waals surface area contributed by atoms with Gasteiger partial charge in [-0.15, -0.1) is 0 Å². The maximum Gasteiger partial charge on any atom is 0.279 e. The van der Waals surface area contributed by atoms with Crippen LogP contribution in [0.15, 0.2) is 54.6 Å². The number of aryl methyl sites for hydroxylation is 2. The fourth-order valence-electron chi connectivity index (χ4n) is 5.28. The van der Waals surface area contributed by atoms with Gasteiger partial charge in [-0.05, 0) is 86.3 Å². The predicted octanol–water partition coefficient (Wildman–Crippen LogP) is 7.31. The molecule has 0 radical (unpaired) electrons. The highest BCUT2D eigenvalue weighted by Gasteiger charge is 2.45. The van der Waals surface area contributed by atoms with Crippen molar-refractivity contribution in [1.29, 1.82) is 0 Å². The lowest BCUT2D eigenvalue weighted by atomic mass is 9.97. The zero-order valence-electron chi connectivity index (χ0n) is 21.9. The first-order valence-electron chi connectivity index (χ1n) is 12.4. The van der Waals surface area contributed by atoms with E-state index >= 15 is 0 Å². The molecule has 8 heteroatoms. The Bertz CT molecular complexity index is 1560. The van der Waals surface area contributed by atoms with Crippen LogP contribution < -0.4 is 9.64 Å². The number of hydrogen-bond donors (Lipinski definition) is 1. The maximum atomic E-state index is 14.2. The fourth-order valence-corrected chi connectivity index (χ4v) is 5.67. The van der Waals surface area contributed by atoms with E-state index in [2.05, 4.69) is 18.4 Å². The number of benzene rings is 3. The lowest BCUT2D eigenvalue weighted by Crippen LogP contribution is -2.31. The lowest BCUT2D eigenvalue weighted by Gasteiger charge is -2.30. The van der Waals surface area contributed by atoms with Crippen LogP contribution in [0.3, 0.4) is 0 Å². The van der Waals surface area contributed by atoms with Crippen molar-refractivity contribution >= 4 is 34.8 Å². The normalized spacial score (nSPS) is 14.9. The SMILES string of the molecule is COc1ccc(CO)cc1-c1nc2c(n1C(C)C)C(c1ccc(Cl)cc1C)N(c1cc(Cl)ccc1C)C2=O. The smallest absolute Gasteiger partial charge is 0.279 e. The Morgan fingerprint density at radius 1 is 1.00 bits per heavy atom. The summed E-state index contributed by atoms with van der Waals surface area (Å²) >= 11 is 12.7. The number of nitrogens with zero attached hydrogens (tertiary/aromatic N) is 3. The van der Waals surface area contributed by atoms with Gasteiger partial charge in [0, 0.05) is 21.8 Å². The van der Waals surface area contributed by atoms with Crippen LogP contribution in [-0.2, 0) is 6.61 Å². The van der Waals surface area contributed by atoms with Gasteiger partial charge in [-0.2, -0.15) is 0 Å². The molecule has 4 aromatic rings. The van der Waals surface area contributed by atoms with Gasteiger partial charge in [0.15, 0.2) is 5.69 Å². The highest BCUT2D eigenvalue weighted by atomic mass is 35.5. The first-order valence-corrected chi connectivity index (χ1v) is 13.2. The molecule has 0 spiro atoms. The Kier molecular flexibility index (Phi) is 6.99. The number of carbonyl (C=O) groups excluding carboxylic acids is 1. The molecule has 1 aliphatic heterocycles. The molecule has 0 saturated heterocycles. The van der Waals surface area contributed by atoms with Gasteiger partial charge in [-0.1, -0.05) is 41.4 Å². The third-order valence-electron chi connectivity index (χ3n) is 7.05. The van der Waals surface area contributed by atoms with Crippen molar-refractivity contribution < 1.29 is 14.6 Å². The van der Waals surface area contributed by atoms with Gasteiger partial charge in [-0.3, -0.25) is 9.69 Å². The molecule has 0 saturated carbocycles. The number of methoxy groups -OCH3 is 1. The summed E-state index contributed by atoms with van der Waals surface area (Å²) in [5.41, 5.74) is 6.19. The molecule has 1 unspecified atom stereocenters. The molecule has 0 aliphatic carbocycles. The third-order valence-corrected chi connectivity index (χ3v) is 7.52. The molecular formula is C30H29Cl2N3O3. The summed E-state index contributed by atoms with van der Waals surface area (Å²) in [4.78, 5) is 21.0. The van der Waals surface area contributed by atoms with Gasteiger partial charge >= 0.3 is 0 Å². The van der Waals surface area contributed by atoms with E-state index in [0.717, 1.165) is 33.6 Å². The number of fused-ring (bicyclic) bond motifs is 1. The van der Waals surface area contributed by atoms with Crippen molar-refractivity contribution in [3.05, 3.63) is 98.3 Å². The van der Waals surface area contributed by atoms with Crippen molar-refractivity contribution in [1.82, 2.24) is 9.55 Å². The summed E-state index contributed by atoms with van der Waals surface area (Å²) in [6.07, 6.45) is 0. The van der Waals surface area contributed by atoms with Crippen LogP contribution in [0.5, 0.6) is 5.75 Å². The molecule has 6 nitrogen and oxygen atoms in total. The molecule has 1 aliphatic rings. The van der Waals surface area contributed by atoms with Gasteiger partial charge in [0.25, 0.3) is 5.91 Å². The minimum atomic E-state index is -0.456. The van der Waals surface area contributed by atoms with Crippen LogP contribution in [0, 0.1) is 13.8 Å². The number of imidazole rings is 1. The van der Waals surface area contributed by atoms with E-state index in [9.17, 15) is 9.90 Å². The zero-order valence-corrected chi connectivity index (χ0v) is 23.4. The van der Waals surface area contributed by atoms with Crippen molar-refractivity contribution in [3.8, 4) is 17.1 Å². The second kappa shape index (κ2) is 10.1. The number of carbonyl (C=O) groups is 1. The number of halogens is 2. The Balaban J connectivity index is 1.83. The number of amides is 1. The van der Waals surface area contributed by atoms with Crippen LogP contribution in [0.1, 0.15) is 64.4 Å². The summed E-state index contributed by atoms with van der Waals surface area (Å²) in [5.74, 6) is 1.02. The molecule has 1 aromatic heterocycles. The average Bonchev–Trinajstić information content (AvgIpc) is 3.40. The monoisotopic (exact) mass is 549 g/mol. The molecule has 1 amide bonds. The summed E-state index contributed by atoms with van der Waals surface area (Å²) in [6, 6.07) is 16.3. The Hall–Kier alpha value is -3.32. The minimum Gasteiger partial charge on any atom is -0.496 e. The van der Waals surface area contributed by atoms with E-state index < -0.39 is 6.04 Å². The average molecular weight is 550 g/mol. The van der Waals surface area contributed by atoms with Crippen LogP contribution in [0.25, 0.3) is 11.4 Å². The van der Waals surface area contributed by atoms with Crippen molar-refractivity contribution in [2.75, 3.05) is 12.0 Å². The predicted molar refractivity (Wildman–Crippen MR) is 152 cm³/mol. The first-order chi connectivity index (χ1) is 18.2. The largest absolute Gasteiger partial charge is 0.496 e. The summed E-state index contributed by atoms with van der Waals surface area (Å²) in [7, 11) is 1.60. The highest BCUT2D eigenvalue weighted by molar-refractivity contribution is 6.31. The van der Waals surface area contributed by atoms with Crippen LogP contribution >= 0.6 is 23.2 Å². The summed E-state index contributed by atoms with van der Waals surface area (Å²) in [5, 5.41) is 11.0. The number of aromatic nitrogens is 2. The second-order valence-corrected chi connectivity index (χ2v) is 10.7. The van der Waals surface area contributed by atoms with Crippen molar-refractivity contribution in [2.45, 2.75) is 46.4 Å². The van der Waals surface area contributed by atoms with E-state index in [1.54, 1.807) is 12.0 Å². The molecule has 1 N–H and O–H groups in total. The third kappa shape index (κ3) is 4.27. The number of aliphatic hydroxyl groups is 1. The standard InChI is InChI=1S/C30H29Cl2N3O3/c1-16(2)34-28-26(33-29(34)23-13-19(15-36)7-11-25(23)38-5)30(37)35(24-14-21(32)8-6-17(24)3)27(28)22-10-9-20(31)12-18(22)4/h6-14,16,27,36H,15H2,1-5H3. The first kappa shape index (κ1) is 26.3. The van der Waals surface area contributed by atoms with Gasteiger partial charge in [-0.25, -0.2) is 4.98 Å². The van der Waals surface area contributed by atoms with Crippen molar-refractivity contribution in [2.24, 2.45) is 0 Å². The van der Waals surface area contributed by atoms with Gasteiger partial charge in [0.05, 0.1) is 25.0 Å². The molecule has 2 heterocycles. The van der Waals surface area contributed by atoms with E-state index in [-0.39, 0.29) is 18.6 Å². The number of ether oxygens (including phenoxy) is 1. The van der Waals surface area contributed by atoms with Crippen LogP contribution in [0.4, 0.5) is 5.69 Å². The summed E-state index contributed by atoms with van der Waals surface area (Å²) < 4.78 is 7.77. The Labute approximate surface area is 232 Å².